The van der Waals surface area contributed by atoms with E-state index in [1.807, 2.05) is 69.3 Å². The smallest absolute Gasteiger partial charge is 0.266 e. The maximum Gasteiger partial charge on any atom is 0.266 e. The number of ether oxygens (including phenoxy) is 2. The molecule has 44 heavy (non-hydrogen) atoms. The first-order valence-electron chi connectivity index (χ1n) is 14.3. The third-order valence-corrected chi connectivity index (χ3v) is 9.38. The highest BCUT2D eigenvalue weighted by atomic mass is 32.2. The lowest BCUT2D eigenvalue weighted by atomic mass is 10.1. The summed E-state index contributed by atoms with van der Waals surface area (Å²) in [6.45, 7) is 10.7. The molecule has 0 aliphatic carbocycles. The molecule has 1 fully saturated rings. The first-order valence-corrected chi connectivity index (χ1v) is 15.5. The number of benzene rings is 3. The summed E-state index contributed by atoms with van der Waals surface area (Å²) in [5, 5.41) is 0. The lowest BCUT2D eigenvalue weighted by Crippen LogP contribution is -2.27. The highest BCUT2D eigenvalue weighted by Gasteiger charge is 2.40. The van der Waals surface area contributed by atoms with Gasteiger partial charge >= 0.3 is 0 Å². The number of hydrogen-bond donors (Lipinski definition) is 0. The number of anilines is 4. The number of methoxy groups -OCH3 is 2. The Balaban J connectivity index is 1.71. The van der Waals surface area contributed by atoms with Crippen molar-refractivity contribution in [3.8, 4) is 11.5 Å². The third-order valence-electron chi connectivity index (χ3n) is 7.99. The van der Waals surface area contributed by atoms with Gasteiger partial charge in [0.1, 0.15) is 21.6 Å². The van der Waals surface area contributed by atoms with E-state index in [0.717, 1.165) is 44.7 Å². The van der Waals surface area contributed by atoms with Gasteiger partial charge in [0.25, 0.3) is 5.91 Å². The van der Waals surface area contributed by atoms with Crippen LogP contribution in [-0.4, -0.2) is 45.9 Å². The summed E-state index contributed by atoms with van der Waals surface area (Å²) in [5.41, 5.74) is 7.46. The minimum Gasteiger partial charge on any atom is -0.495 e. The summed E-state index contributed by atoms with van der Waals surface area (Å²) in [6.07, 6.45) is 3.77. The molecule has 0 bridgehead atoms. The molecule has 224 valence electrons. The summed E-state index contributed by atoms with van der Waals surface area (Å²) < 4.78 is 12.4. The van der Waals surface area contributed by atoms with Crippen molar-refractivity contribution < 1.29 is 14.3 Å². The van der Waals surface area contributed by atoms with Crippen LogP contribution in [-0.2, 0) is 4.79 Å². The predicted molar refractivity (Wildman–Crippen MR) is 182 cm³/mol. The Morgan fingerprint density at radius 1 is 0.795 bits per heavy atom. The minimum atomic E-state index is -0.108. The van der Waals surface area contributed by atoms with Crippen LogP contribution in [0.1, 0.15) is 29.2 Å². The van der Waals surface area contributed by atoms with Crippen LogP contribution < -0.4 is 19.3 Å². The molecule has 4 aromatic rings. The summed E-state index contributed by atoms with van der Waals surface area (Å²) >= 11 is 6.80. The number of carbonyl (C=O) groups is 1. The number of rotatable bonds is 6. The van der Waals surface area contributed by atoms with Crippen LogP contribution in [0.4, 0.5) is 23.0 Å². The monoisotopic (exact) mass is 623 g/mol. The van der Waals surface area contributed by atoms with E-state index in [2.05, 4.69) is 35.8 Å². The summed E-state index contributed by atoms with van der Waals surface area (Å²) in [7, 11) is 3.32. The van der Waals surface area contributed by atoms with Crippen molar-refractivity contribution in [1.82, 2.24) is 14.9 Å². The van der Waals surface area contributed by atoms with Crippen LogP contribution in [0.5, 0.6) is 11.5 Å². The Bertz CT molecular complexity index is 1810. The van der Waals surface area contributed by atoms with Crippen molar-refractivity contribution in [2.45, 2.75) is 34.6 Å². The molecule has 0 N–H and O–H groups in total. The molecule has 10 heteroatoms. The molecule has 0 spiro atoms. The van der Waals surface area contributed by atoms with Gasteiger partial charge in [-0.05, 0) is 93.3 Å². The molecule has 1 amide bonds. The zero-order chi connectivity index (χ0) is 31.3. The summed E-state index contributed by atoms with van der Waals surface area (Å²) in [4.78, 5) is 30.0. The van der Waals surface area contributed by atoms with Crippen LogP contribution in [0.15, 0.2) is 71.4 Å². The van der Waals surface area contributed by atoms with Crippen molar-refractivity contribution in [1.29, 1.82) is 0 Å². The highest BCUT2D eigenvalue weighted by molar-refractivity contribution is 8.26. The van der Waals surface area contributed by atoms with Gasteiger partial charge in [0.05, 0.1) is 41.5 Å². The number of aromatic nitrogens is 2. The van der Waals surface area contributed by atoms with Crippen LogP contribution in [0.25, 0.3) is 11.0 Å². The molecule has 8 nitrogen and oxygen atoms in total. The van der Waals surface area contributed by atoms with Gasteiger partial charge in [-0.1, -0.05) is 48.2 Å². The average molecular weight is 624 g/mol. The Hall–Kier alpha value is -4.41. The molecule has 3 heterocycles. The Kier molecular flexibility index (Phi) is 7.81. The Labute approximate surface area is 267 Å². The maximum atomic E-state index is 13.2. The molecule has 6 rings (SSSR count). The number of likely N-dealkylation sites (N-methyl/N-ethyl adjacent to an activating group) is 1. The standard InChI is InChI=1S/C34H33N5O3S2/c1-8-37-33(40)27(44-34(37)43)15-16-28-38(29-19(2)11-9-13-25(29)41-6)31-32(36-24-18-22(5)21(4)17-23(24)35-31)39(28)30-20(3)12-10-14-26(30)42-7/h9-18H,8H2,1-7H3/b27-15-. The summed E-state index contributed by atoms with van der Waals surface area (Å²) in [5.74, 6) is 3.24. The second-order valence-electron chi connectivity index (χ2n) is 10.7. The van der Waals surface area contributed by atoms with Crippen molar-refractivity contribution >= 4 is 68.3 Å². The first-order chi connectivity index (χ1) is 21.2. The van der Waals surface area contributed by atoms with Crippen LogP contribution in [0.2, 0.25) is 0 Å². The van der Waals surface area contributed by atoms with Crippen molar-refractivity contribution in [3.63, 3.8) is 0 Å². The fourth-order valence-corrected chi connectivity index (χ4v) is 6.93. The molecule has 2 aliphatic rings. The number of para-hydroxylation sites is 2. The van der Waals surface area contributed by atoms with Gasteiger partial charge in [0.2, 0.25) is 0 Å². The van der Waals surface area contributed by atoms with Gasteiger partial charge in [-0.25, -0.2) is 9.97 Å². The highest BCUT2D eigenvalue weighted by Crippen LogP contribution is 2.53. The number of hydrogen-bond acceptors (Lipinski definition) is 9. The van der Waals surface area contributed by atoms with Gasteiger partial charge < -0.3 is 9.47 Å². The number of thioether (sulfide) groups is 1. The molecular weight excluding hydrogens is 591 g/mol. The zero-order valence-corrected chi connectivity index (χ0v) is 27.4. The molecule has 3 aromatic carbocycles. The van der Waals surface area contributed by atoms with Crippen molar-refractivity contribution in [2.24, 2.45) is 0 Å². The number of allylic oxidation sites excluding steroid dienone is 2. The topological polar surface area (TPSA) is 71.0 Å². The SMILES string of the molecule is CCN1C(=O)/C(=C/C=C2N(c3c(C)cccc3OC)c3nc4cc(C)c(C)cc4nc3N2c2c(C)cccc2OC)SC1=S. The fourth-order valence-electron chi connectivity index (χ4n) is 5.60. The van der Waals surface area contributed by atoms with E-state index in [9.17, 15) is 4.79 Å². The van der Waals surface area contributed by atoms with E-state index < -0.39 is 0 Å². The number of amides is 1. The van der Waals surface area contributed by atoms with Crippen molar-refractivity contribution in [2.75, 3.05) is 30.6 Å². The van der Waals surface area contributed by atoms with Gasteiger partial charge in [0.15, 0.2) is 11.6 Å². The zero-order valence-electron chi connectivity index (χ0n) is 25.8. The van der Waals surface area contributed by atoms with E-state index in [0.29, 0.717) is 44.7 Å². The van der Waals surface area contributed by atoms with Crippen LogP contribution in [0, 0.1) is 27.7 Å². The van der Waals surface area contributed by atoms with Gasteiger partial charge in [-0.3, -0.25) is 19.5 Å². The normalized spacial score (nSPS) is 15.6. The molecule has 0 atom stereocenters. The largest absolute Gasteiger partial charge is 0.495 e. The number of nitrogens with zero attached hydrogens (tertiary/aromatic N) is 5. The molecule has 1 aromatic heterocycles. The average Bonchev–Trinajstić information content (AvgIpc) is 3.45. The van der Waals surface area contributed by atoms with E-state index in [1.54, 1.807) is 19.1 Å². The minimum absolute atomic E-state index is 0.108. The Morgan fingerprint density at radius 3 is 1.73 bits per heavy atom. The van der Waals surface area contributed by atoms with Crippen LogP contribution >= 0.6 is 24.0 Å². The molecular formula is C34H33N5O3S2. The first kappa shape index (κ1) is 29.7. The number of aryl methyl sites for hydroxylation is 4. The van der Waals surface area contributed by atoms with Gasteiger partial charge in [-0.2, -0.15) is 0 Å². The second-order valence-corrected chi connectivity index (χ2v) is 12.4. The lowest BCUT2D eigenvalue weighted by Gasteiger charge is -2.28. The maximum absolute atomic E-state index is 13.2. The van der Waals surface area contributed by atoms with E-state index >= 15 is 0 Å². The Morgan fingerprint density at radius 2 is 1.30 bits per heavy atom. The van der Waals surface area contributed by atoms with E-state index in [1.165, 1.54) is 11.8 Å². The number of thiocarbonyl (C=S) groups is 1. The third kappa shape index (κ3) is 4.78. The molecule has 0 radical (unpaired) electrons. The number of carbonyl (C=O) groups excluding carboxylic acids is 1. The van der Waals surface area contributed by atoms with E-state index in [-0.39, 0.29) is 5.91 Å². The quantitative estimate of drug-likeness (QED) is 0.158. The molecule has 2 aliphatic heterocycles. The summed E-state index contributed by atoms with van der Waals surface area (Å²) in [6, 6.07) is 16.0. The van der Waals surface area contributed by atoms with E-state index in [4.69, 9.17) is 31.7 Å². The second kappa shape index (κ2) is 11.6. The molecule has 0 saturated carbocycles. The predicted octanol–water partition coefficient (Wildman–Crippen LogP) is 7.78. The molecule has 0 unspecified atom stereocenters. The van der Waals surface area contributed by atoms with Crippen LogP contribution in [0.3, 0.4) is 0 Å². The molecule has 1 saturated heterocycles. The number of fused-ring (bicyclic) bond motifs is 2. The lowest BCUT2D eigenvalue weighted by molar-refractivity contribution is -0.122. The fraction of sp³-hybridized carbons (Fsp3) is 0.235. The van der Waals surface area contributed by atoms with Crippen molar-refractivity contribution in [3.05, 3.63) is 93.7 Å². The van der Waals surface area contributed by atoms with Gasteiger partial charge in [0, 0.05) is 6.54 Å². The van der Waals surface area contributed by atoms with Gasteiger partial charge in [-0.15, -0.1) is 0 Å².